The van der Waals surface area contributed by atoms with Crippen molar-refractivity contribution >= 4 is 39.7 Å². The number of carbonyl (C=O) groups excluding carboxylic acids is 1. The van der Waals surface area contributed by atoms with Gasteiger partial charge < -0.3 is 4.84 Å². The highest BCUT2D eigenvalue weighted by atomic mass is 32.1. The van der Waals surface area contributed by atoms with Gasteiger partial charge in [-0.1, -0.05) is 60.7 Å². The molecule has 0 aliphatic heterocycles. The van der Waals surface area contributed by atoms with Gasteiger partial charge in [-0.25, -0.2) is 19.7 Å². The number of alkyl halides is 3. The molecule has 0 saturated heterocycles. The summed E-state index contributed by atoms with van der Waals surface area (Å²) >= 11 is 2.77. The third-order valence-electron chi connectivity index (χ3n) is 5.66. The Morgan fingerprint density at radius 3 is 2.00 bits per heavy atom. The molecule has 4 heterocycles. The van der Waals surface area contributed by atoms with E-state index in [2.05, 4.69) is 9.97 Å². The Kier molecular flexibility index (Phi) is 6.01. The van der Waals surface area contributed by atoms with Crippen molar-refractivity contribution in [3.8, 4) is 43.8 Å². The number of benzene rings is 2. The van der Waals surface area contributed by atoms with Gasteiger partial charge in [0.15, 0.2) is 5.65 Å². The molecule has 0 bridgehead atoms. The zero-order valence-corrected chi connectivity index (χ0v) is 20.8. The Bertz CT molecular complexity index is 1760. The van der Waals surface area contributed by atoms with Gasteiger partial charge in [-0.3, -0.25) is 0 Å². The Morgan fingerprint density at radius 1 is 0.816 bits per heavy atom. The molecule has 0 aliphatic carbocycles. The van der Waals surface area contributed by atoms with Gasteiger partial charge in [0.05, 0.1) is 5.69 Å². The molecule has 0 unspecified atom stereocenters. The smallest absolute Gasteiger partial charge is 0.326 e. The van der Waals surface area contributed by atoms with Crippen LogP contribution in [-0.2, 0) is 4.79 Å². The van der Waals surface area contributed by atoms with Crippen LogP contribution in [0.5, 0.6) is 0 Å². The highest BCUT2D eigenvalue weighted by molar-refractivity contribution is 7.13. The van der Waals surface area contributed by atoms with Gasteiger partial charge in [0.2, 0.25) is 0 Å². The van der Waals surface area contributed by atoms with Gasteiger partial charge in [-0.15, -0.1) is 22.7 Å². The summed E-state index contributed by atoms with van der Waals surface area (Å²) in [5.41, 5.74) is 3.60. The molecule has 0 spiro atoms. The molecule has 0 fully saturated rings. The molecular weight excluding hydrogens is 533 g/mol. The van der Waals surface area contributed by atoms with Gasteiger partial charge in [0.25, 0.3) is 0 Å². The van der Waals surface area contributed by atoms with E-state index < -0.39 is 12.1 Å². The number of thiazole rings is 2. The molecule has 11 heteroatoms. The number of pyridine rings is 1. The number of carbonyl (C=O) groups is 1. The minimum atomic E-state index is -5.19. The molecule has 0 amide bonds. The maximum Gasteiger partial charge on any atom is 0.493 e. The van der Waals surface area contributed by atoms with E-state index in [-0.39, 0.29) is 11.3 Å². The molecule has 38 heavy (non-hydrogen) atoms. The second-order valence-corrected chi connectivity index (χ2v) is 9.82. The summed E-state index contributed by atoms with van der Waals surface area (Å²) in [6.07, 6.45) is -3.75. The Hall–Kier alpha value is -4.35. The Labute approximate surface area is 221 Å². The summed E-state index contributed by atoms with van der Waals surface area (Å²) in [6.45, 7) is 0. The third-order valence-corrected chi connectivity index (χ3v) is 7.44. The summed E-state index contributed by atoms with van der Waals surface area (Å²) in [7, 11) is 0. The molecule has 6 rings (SSSR count). The molecule has 6 aromatic rings. The minimum absolute atomic E-state index is 0.0404. The van der Waals surface area contributed by atoms with Crippen LogP contribution < -0.4 is 4.84 Å². The van der Waals surface area contributed by atoms with E-state index in [4.69, 9.17) is 9.82 Å². The molecule has 0 N–H and O–H groups in total. The van der Waals surface area contributed by atoms with Crippen molar-refractivity contribution < 1.29 is 22.8 Å². The van der Waals surface area contributed by atoms with Crippen LogP contribution >= 0.6 is 22.7 Å². The zero-order valence-electron chi connectivity index (χ0n) is 19.2. The van der Waals surface area contributed by atoms with Crippen molar-refractivity contribution in [3.05, 3.63) is 89.8 Å². The van der Waals surface area contributed by atoms with E-state index >= 15 is 0 Å². The van der Waals surface area contributed by atoms with Crippen molar-refractivity contribution in [1.82, 2.24) is 19.7 Å². The second kappa shape index (κ2) is 9.51. The van der Waals surface area contributed by atoms with E-state index in [0.717, 1.165) is 20.9 Å². The number of rotatable bonds is 5. The lowest BCUT2D eigenvalue weighted by Gasteiger charge is -2.10. The lowest BCUT2D eigenvalue weighted by atomic mass is 10.1. The van der Waals surface area contributed by atoms with Crippen LogP contribution in [0, 0.1) is 0 Å². The topological polar surface area (TPSA) is 69.9 Å². The van der Waals surface area contributed by atoms with Crippen LogP contribution in [0.1, 0.15) is 0 Å². The predicted molar refractivity (Wildman–Crippen MR) is 140 cm³/mol. The molecule has 0 atom stereocenters. The normalized spacial score (nSPS) is 11.7. The monoisotopic (exact) mass is 548 g/mol. The standard InChI is InChI=1S/C27H15F3N4O2S2/c28-27(29,30)26(35)36-34-22(21-15-38-25(33-21)17-9-5-2-6-10-17)13-19-18(11-12-31-23(19)34)20-14-37-24(32-20)16-7-3-1-4-8-16/h1-15H. The van der Waals surface area contributed by atoms with E-state index in [0.29, 0.717) is 27.3 Å². The summed E-state index contributed by atoms with van der Waals surface area (Å²) < 4.78 is 40.3. The fourth-order valence-electron chi connectivity index (χ4n) is 3.92. The lowest BCUT2D eigenvalue weighted by molar-refractivity contribution is -0.199. The first-order valence-corrected chi connectivity index (χ1v) is 13.0. The molecule has 6 nitrogen and oxygen atoms in total. The first-order chi connectivity index (χ1) is 18.4. The first-order valence-electron chi connectivity index (χ1n) is 11.2. The molecule has 188 valence electrons. The van der Waals surface area contributed by atoms with E-state index in [9.17, 15) is 18.0 Å². The molecule has 2 aromatic carbocycles. The quantitative estimate of drug-likeness (QED) is 0.229. The largest absolute Gasteiger partial charge is 0.493 e. The van der Waals surface area contributed by atoms with Crippen LogP contribution in [0.4, 0.5) is 13.2 Å². The van der Waals surface area contributed by atoms with Gasteiger partial charge in [0, 0.05) is 39.0 Å². The summed E-state index contributed by atoms with van der Waals surface area (Å²) in [5.74, 6) is -2.36. The number of fused-ring (bicyclic) bond motifs is 1. The number of hydrogen-bond acceptors (Lipinski definition) is 7. The Balaban J connectivity index is 1.49. The third kappa shape index (κ3) is 4.46. The maximum atomic E-state index is 13.2. The van der Waals surface area contributed by atoms with E-state index in [1.54, 1.807) is 17.5 Å². The van der Waals surface area contributed by atoms with Gasteiger partial charge >= 0.3 is 12.1 Å². The van der Waals surface area contributed by atoms with Crippen LogP contribution in [0.25, 0.3) is 54.8 Å². The highest BCUT2D eigenvalue weighted by Gasteiger charge is 2.42. The molecule has 0 saturated carbocycles. The van der Waals surface area contributed by atoms with Gasteiger partial charge in [0.1, 0.15) is 21.4 Å². The first kappa shape index (κ1) is 24.0. The fourth-order valence-corrected chi connectivity index (χ4v) is 5.57. The minimum Gasteiger partial charge on any atom is -0.326 e. The van der Waals surface area contributed by atoms with Crippen LogP contribution in [0.2, 0.25) is 0 Å². The van der Waals surface area contributed by atoms with Gasteiger partial charge in [-0.2, -0.15) is 17.9 Å². The number of hydrogen-bond donors (Lipinski definition) is 0. The molecule has 0 radical (unpaired) electrons. The van der Waals surface area contributed by atoms with Crippen molar-refractivity contribution in [1.29, 1.82) is 0 Å². The lowest BCUT2D eigenvalue weighted by Crippen LogP contribution is -2.33. The molecule has 4 aromatic heterocycles. The van der Waals surface area contributed by atoms with E-state index in [1.807, 2.05) is 66.0 Å². The van der Waals surface area contributed by atoms with Crippen molar-refractivity contribution in [2.75, 3.05) is 0 Å². The molecular formula is C27H15F3N4O2S2. The van der Waals surface area contributed by atoms with Crippen LogP contribution in [0.3, 0.4) is 0 Å². The number of halogens is 3. The number of nitrogens with zero attached hydrogens (tertiary/aromatic N) is 4. The SMILES string of the molecule is O=C(On1c(-c2csc(-c3ccccc3)n2)cc2c(-c3csc(-c4ccccc4)n3)ccnc21)C(F)(F)F. The Morgan fingerprint density at radius 2 is 1.39 bits per heavy atom. The maximum absolute atomic E-state index is 13.2. The fraction of sp³-hybridized carbons (Fsp3) is 0.0370. The van der Waals surface area contributed by atoms with Crippen LogP contribution in [-0.4, -0.2) is 31.8 Å². The zero-order chi connectivity index (χ0) is 26.3. The highest BCUT2D eigenvalue weighted by Crippen LogP contribution is 2.37. The van der Waals surface area contributed by atoms with Crippen molar-refractivity contribution in [2.45, 2.75) is 6.18 Å². The van der Waals surface area contributed by atoms with Gasteiger partial charge in [-0.05, 0) is 12.1 Å². The predicted octanol–water partition coefficient (Wildman–Crippen LogP) is 7.13. The van der Waals surface area contributed by atoms with Crippen LogP contribution in [0.15, 0.2) is 89.8 Å². The van der Waals surface area contributed by atoms with Crippen molar-refractivity contribution in [2.24, 2.45) is 0 Å². The number of aromatic nitrogens is 4. The summed E-state index contributed by atoms with van der Waals surface area (Å²) in [5, 5.41) is 5.49. The van der Waals surface area contributed by atoms with Crippen molar-refractivity contribution in [3.63, 3.8) is 0 Å². The molecule has 0 aliphatic rings. The summed E-state index contributed by atoms with van der Waals surface area (Å²) in [4.78, 5) is 30.3. The summed E-state index contributed by atoms with van der Waals surface area (Å²) in [6, 6.07) is 22.4. The van der Waals surface area contributed by atoms with E-state index in [1.165, 1.54) is 28.9 Å². The average molecular weight is 549 g/mol. The second-order valence-electron chi connectivity index (χ2n) is 8.10. The average Bonchev–Trinajstić information content (AvgIpc) is 3.68.